The fourth-order valence-electron chi connectivity index (χ4n) is 1.84. The molecule has 0 saturated heterocycles. The van der Waals surface area contributed by atoms with E-state index < -0.39 is 0 Å². The van der Waals surface area contributed by atoms with Gasteiger partial charge in [-0.05, 0) is 26.7 Å². The summed E-state index contributed by atoms with van der Waals surface area (Å²) >= 11 is 0. The lowest BCUT2D eigenvalue weighted by molar-refractivity contribution is -0.124. The van der Waals surface area contributed by atoms with E-state index in [1.54, 1.807) is 6.92 Å². The number of carbonyl (C=O) groups is 1. The topological polar surface area (TPSA) is 75.3 Å². The van der Waals surface area contributed by atoms with E-state index in [2.05, 4.69) is 5.32 Å². The van der Waals surface area contributed by atoms with Gasteiger partial charge in [0.1, 0.15) is 0 Å². The van der Waals surface area contributed by atoms with Gasteiger partial charge in [0.25, 0.3) is 0 Å². The number of hydrogen-bond acceptors (Lipinski definition) is 3. The molecule has 1 amide bonds. The molecule has 1 aliphatic rings. The number of aliphatic hydroxyl groups is 1. The van der Waals surface area contributed by atoms with Crippen LogP contribution in [-0.4, -0.2) is 29.2 Å². The van der Waals surface area contributed by atoms with Crippen molar-refractivity contribution in [2.24, 2.45) is 11.7 Å². The lowest BCUT2D eigenvalue weighted by Crippen LogP contribution is -2.38. The summed E-state index contributed by atoms with van der Waals surface area (Å²) < 4.78 is 0. The summed E-state index contributed by atoms with van der Waals surface area (Å²) in [6.07, 6.45) is 4.60. The molecule has 0 aromatic heterocycles. The first-order valence-corrected chi connectivity index (χ1v) is 5.41. The summed E-state index contributed by atoms with van der Waals surface area (Å²) in [5, 5.41) is 12.0. The maximum atomic E-state index is 11.7. The fourth-order valence-corrected chi connectivity index (χ4v) is 1.84. The van der Waals surface area contributed by atoms with Gasteiger partial charge in [-0.3, -0.25) is 4.79 Å². The van der Waals surface area contributed by atoms with Crippen LogP contribution in [0.25, 0.3) is 0 Å². The van der Waals surface area contributed by atoms with Gasteiger partial charge < -0.3 is 16.2 Å². The predicted octanol–water partition coefficient (Wildman–Crippen LogP) is 0.165. The van der Waals surface area contributed by atoms with Crippen LogP contribution in [0.5, 0.6) is 0 Å². The summed E-state index contributed by atoms with van der Waals surface area (Å²) in [6.45, 7) is 3.61. The van der Waals surface area contributed by atoms with Gasteiger partial charge in [0.05, 0.1) is 12.0 Å². The number of amides is 1. The number of rotatable bonds is 4. The molecule has 0 spiro atoms. The second kappa shape index (κ2) is 5.28. The van der Waals surface area contributed by atoms with Crippen LogP contribution in [0.2, 0.25) is 0 Å². The quantitative estimate of drug-likeness (QED) is 0.581. The zero-order chi connectivity index (χ0) is 11.4. The molecule has 1 aliphatic carbocycles. The normalized spacial score (nSPS) is 28.8. The van der Waals surface area contributed by atoms with Crippen molar-refractivity contribution in [3.05, 3.63) is 12.2 Å². The minimum absolute atomic E-state index is 0.00252. The Kier molecular flexibility index (Phi) is 4.29. The second-order valence-electron chi connectivity index (χ2n) is 4.39. The lowest BCUT2D eigenvalue weighted by Gasteiger charge is -2.17. The Hall–Kier alpha value is -0.870. The molecular formula is C11H20N2O2. The maximum absolute atomic E-state index is 11.7. The first kappa shape index (κ1) is 12.2. The summed E-state index contributed by atoms with van der Waals surface area (Å²) in [5.41, 5.74) is 5.67. The lowest BCUT2D eigenvalue weighted by atomic mass is 10.1. The average Bonchev–Trinajstić information content (AvgIpc) is 2.49. The Bertz CT molecular complexity index is 251. The van der Waals surface area contributed by atoms with Crippen molar-refractivity contribution in [1.29, 1.82) is 0 Å². The van der Waals surface area contributed by atoms with E-state index in [0.29, 0.717) is 12.8 Å². The van der Waals surface area contributed by atoms with E-state index in [4.69, 9.17) is 10.8 Å². The van der Waals surface area contributed by atoms with Crippen molar-refractivity contribution in [2.75, 3.05) is 0 Å². The van der Waals surface area contributed by atoms with E-state index in [-0.39, 0.29) is 30.0 Å². The molecule has 0 fully saturated rings. The molecule has 4 atom stereocenters. The largest absolute Gasteiger partial charge is 0.393 e. The van der Waals surface area contributed by atoms with Crippen molar-refractivity contribution in [3.8, 4) is 0 Å². The first-order chi connectivity index (χ1) is 6.99. The van der Waals surface area contributed by atoms with E-state index in [1.807, 2.05) is 19.1 Å². The summed E-state index contributed by atoms with van der Waals surface area (Å²) in [7, 11) is 0. The highest BCUT2D eigenvalue weighted by Gasteiger charge is 2.23. The summed E-state index contributed by atoms with van der Waals surface area (Å²) in [5.74, 6) is -0.0937. The smallest absolute Gasteiger partial charge is 0.227 e. The third-order valence-corrected chi connectivity index (χ3v) is 2.54. The third kappa shape index (κ3) is 4.01. The highest BCUT2D eigenvalue weighted by atomic mass is 16.3. The van der Waals surface area contributed by atoms with Crippen molar-refractivity contribution in [1.82, 2.24) is 5.32 Å². The zero-order valence-electron chi connectivity index (χ0n) is 9.31. The van der Waals surface area contributed by atoms with Gasteiger partial charge in [0, 0.05) is 12.1 Å². The van der Waals surface area contributed by atoms with Gasteiger partial charge in [-0.1, -0.05) is 12.2 Å². The molecule has 0 aliphatic heterocycles. The van der Waals surface area contributed by atoms with Crippen LogP contribution in [0.3, 0.4) is 0 Å². The Balaban J connectivity index is 2.33. The van der Waals surface area contributed by atoms with Crippen LogP contribution >= 0.6 is 0 Å². The van der Waals surface area contributed by atoms with Crippen molar-refractivity contribution in [2.45, 2.75) is 44.9 Å². The molecule has 86 valence electrons. The Morgan fingerprint density at radius 1 is 1.60 bits per heavy atom. The monoisotopic (exact) mass is 212 g/mol. The molecule has 4 N–H and O–H groups in total. The van der Waals surface area contributed by atoms with E-state index in [0.717, 1.165) is 0 Å². The van der Waals surface area contributed by atoms with Gasteiger partial charge >= 0.3 is 0 Å². The van der Waals surface area contributed by atoms with Crippen LogP contribution < -0.4 is 11.1 Å². The van der Waals surface area contributed by atoms with Crippen LogP contribution in [-0.2, 0) is 4.79 Å². The van der Waals surface area contributed by atoms with E-state index >= 15 is 0 Å². The van der Waals surface area contributed by atoms with Crippen molar-refractivity contribution >= 4 is 5.91 Å². The van der Waals surface area contributed by atoms with Gasteiger partial charge in [-0.15, -0.1) is 0 Å². The summed E-state index contributed by atoms with van der Waals surface area (Å²) in [6, 6.07) is 0.00976. The molecule has 15 heavy (non-hydrogen) atoms. The molecule has 0 aromatic carbocycles. The Morgan fingerprint density at radius 2 is 2.27 bits per heavy atom. The minimum atomic E-state index is -0.387. The predicted molar refractivity (Wildman–Crippen MR) is 59.1 cm³/mol. The zero-order valence-corrected chi connectivity index (χ0v) is 9.31. The van der Waals surface area contributed by atoms with Crippen LogP contribution in [0.15, 0.2) is 12.2 Å². The summed E-state index contributed by atoms with van der Waals surface area (Å²) in [4.78, 5) is 11.7. The molecule has 0 radical (unpaired) electrons. The van der Waals surface area contributed by atoms with Gasteiger partial charge in [0.2, 0.25) is 5.91 Å². The minimum Gasteiger partial charge on any atom is -0.393 e. The second-order valence-corrected chi connectivity index (χ2v) is 4.39. The van der Waals surface area contributed by atoms with E-state index in [9.17, 15) is 4.79 Å². The van der Waals surface area contributed by atoms with Gasteiger partial charge in [-0.2, -0.15) is 0 Å². The molecule has 4 nitrogen and oxygen atoms in total. The first-order valence-electron chi connectivity index (χ1n) is 5.41. The molecule has 0 bridgehead atoms. The maximum Gasteiger partial charge on any atom is 0.227 e. The fraction of sp³-hybridized carbons (Fsp3) is 0.727. The standard InChI is InChI=1S/C11H20N2O2/c1-7(5-8(2)14)13-11(15)9-3-4-10(12)6-9/h3-4,7-10,14H,5-6,12H2,1-2H3,(H,13,15). The molecule has 0 heterocycles. The third-order valence-electron chi connectivity index (χ3n) is 2.54. The molecule has 4 unspecified atom stereocenters. The number of carbonyl (C=O) groups excluding carboxylic acids is 1. The molecular weight excluding hydrogens is 192 g/mol. The van der Waals surface area contributed by atoms with Gasteiger partial charge in [0.15, 0.2) is 0 Å². The average molecular weight is 212 g/mol. The van der Waals surface area contributed by atoms with Crippen LogP contribution in [0.4, 0.5) is 0 Å². The number of hydrogen-bond donors (Lipinski definition) is 3. The molecule has 4 heteroatoms. The number of aliphatic hydroxyl groups excluding tert-OH is 1. The molecule has 1 rings (SSSR count). The van der Waals surface area contributed by atoms with E-state index in [1.165, 1.54) is 0 Å². The highest BCUT2D eigenvalue weighted by molar-refractivity contribution is 5.81. The SMILES string of the molecule is CC(O)CC(C)NC(=O)C1C=CC(N)C1. The van der Waals surface area contributed by atoms with Crippen molar-refractivity contribution < 1.29 is 9.90 Å². The Labute approximate surface area is 90.5 Å². The van der Waals surface area contributed by atoms with Crippen LogP contribution in [0, 0.1) is 5.92 Å². The number of nitrogens with one attached hydrogen (secondary N) is 1. The van der Waals surface area contributed by atoms with Crippen LogP contribution in [0.1, 0.15) is 26.7 Å². The Morgan fingerprint density at radius 3 is 2.73 bits per heavy atom. The van der Waals surface area contributed by atoms with Gasteiger partial charge in [-0.25, -0.2) is 0 Å². The highest BCUT2D eigenvalue weighted by Crippen LogP contribution is 2.16. The van der Waals surface area contributed by atoms with Crippen molar-refractivity contribution in [3.63, 3.8) is 0 Å². The molecule has 0 saturated carbocycles. The molecule has 0 aromatic rings. The number of nitrogens with two attached hydrogens (primary N) is 1.